The fourth-order valence-corrected chi connectivity index (χ4v) is 5.00. The van der Waals surface area contributed by atoms with Gasteiger partial charge in [-0.3, -0.25) is 4.79 Å². The molecule has 2 aromatic carbocycles. The Morgan fingerprint density at radius 1 is 0.974 bits per heavy atom. The van der Waals surface area contributed by atoms with Crippen LogP contribution in [0, 0.1) is 6.92 Å². The highest BCUT2D eigenvalue weighted by Gasteiger charge is 2.32. The largest absolute Gasteiger partial charge is 0.573 e. The van der Waals surface area contributed by atoms with E-state index in [2.05, 4.69) is 14.6 Å². The molecule has 1 saturated heterocycles. The highest BCUT2D eigenvalue weighted by Crippen LogP contribution is 2.37. The van der Waals surface area contributed by atoms with Crippen LogP contribution in [0.4, 0.5) is 19.0 Å². The Balaban J connectivity index is 0.00000336. The van der Waals surface area contributed by atoms with Crippen LogP contribution in [0.2, 0.25) is 0 Å². The topological polar surface area (TPSA) is 50.6 Å². The fraction of sp³-hybridized carbons (Fsp3) is 0.286. The van der Waals surface area contributed by atoms with Gasteiger partial charge in [0.05, 0.1) is 11.3 Å². The highest BCUT2D eigenvalue weighted by molar-refractivity contribution is 6.13. The molecule has 4 aromatic rings. The lowest BCUT2D eigenvalue weighted by atomic mass is 10.0. The van der Waals surface area contributed by atoms with Gasteiger partial charge < -0.3 is 19.1 Å². The SMILES string of the molecule is Cc1ccc2c(c1)c(C(=O)N1CCCN(c3ccccn3)CC1)c(-c1cccc(OC(F)(F)F)c1)n2C.Cl. The van der Waals surface area contributed by atoms with Gasteiger partial charge in [0.15, 0.2) is 0 Å². The van der Waals surface area contributed by atoms with E-state index in [1.165, 1.54) is 18.2 Å². The summed E-state index contributed by atoms with van der Waals surface area (Å²) in [4.78, 5) is 22.5. The summed E-state index contributed by atoms with van der Waals surface area (Å²) in [6.45, 7) is 4.44. The summed E-state index contributed by atoms with van der Waals surface area (Å²) in [7, 11) is 1.83. The fourth-order valence-electron chi connectivity index (χ4n) is 5.00. The molecule has 2 aromatic heterocycles. The summed E-state index contributed by atoms with van der Waals surface area (Å²) in [5.74, 6) is 0.404. The Morgan fingerprint density at radius 2 is 1.79 bits per heavy atom. The van der Waals surface area contributed by atoms with Gasteiger partial charge in [-0.05, 0) is 49.7 Å². The van der Waals surface area contributed by atoms with Crippen molar-refractivity contribution in [3.8, 4) is 17.0 Å². The number of fused-ring (bicyclic) bond motifs is 1. The smallest absolute Gasteiger partial charge is 0.406 e. The van der Waals surface area contributed by atoms with Crippen LogP contribution >= 0.6 is 12.4 Å². The first-order valence-electron chi connectivity index (χ1n) is 12.1. The maximum atomic E-state index is 14.1. The Morgan fingerprint density at radius 3 is 2.53 bits per heavy atom. The Hall–Kier alpha value is -3.72. The molecule has 0 unspecified atom stereocenters. The van der Waals surface area contributed by atoms with Gasteiger partial charge in [-0.1, -0.05) is 29.8 Å². The molecule has 1 aliphatic heterocycles. The van der Waals surface area contributed by atoms with Crippen molar-refractivity contribution in [3.63, 3.8) is 0 Å². The van der Waals surface area contributed by atoms with Gasteiger partial charge >= 0.3 is 6.36 Å². The van der Waals surface area contributed by atoms with Gasteiger partial charge in [-0.15, -0.1) is 25.6 Å². The van der Waals surface area contributed by atoms with E-state index in [1.54, 1.807) is 12.3 Å². The maximum absolute atomic E-state index is 14.1. The average molecular weight is 545 g/mol. The Labute approximate surface area is 225 Å². The average Bonchev–Trinajstić information content (AvgIpc) is 3.00. The number of rotatable bonds is 4. The zero-order valence-electron chi connectivity index (χ0n) is 21.0. The number of benzene rings is 2. The molecule has 0 aliphatic carbocycles. The summed E-state index contributed by atoms with van der Waals surface area (Å²) < 4.78 is 44.8. The molecule has 0 radical (unpaired) electrons. The lowest BCUT2D eigenvalue weighted by molar-refractivity contribution is -0.274. The van der Waals surface area contributed by atoms with Gasteiger partial charge in [-0.25, -0.2) is 4.98 Å². The first-order valence-corrected chi connectivity index (χ1v) is 12.1. The summed E-state index contributed by atoms with van der Waals surface area (Å²) in [6, 6.07) is 17.4. The maximum Gasteiger partial charge on any atom is 0.573 e. The molecule has 0 bridgehead atoms. The molecule has 1 fully saturated rings. The van der Waals surface area contributed by atoms with Crippen molar-refractivity contribution in [1.29, 1.82) is 0 Å². The zero-order chi connectivity index (χ0) is 26.2. The Kier molecular flexibility index (Phi) is 7.87. The second-order valence-corrected chi connectivity index (χ2v) is 9.20. The number of ether oxygens (including phenoxy) is 1. The lowest BCUT2D eigenvalue weighted by Crippen LogP contribution is -2.35. The molecule has 10 heteroatoms. The summed E-state index contributed by atoms with van der Waals surface area (Å²) in [5, 5.41) is 0.774. The third-order valence-corrected chi connectivity index (χ3v) is 6.67. The number of alkyl halides is 3. The number of hydrogen-bond donors (Lipinski definition) is 0. The van der Waals surface area contributed by atoms with Crippen molar-refractivity contribution < 1.29 is 22.7 Å². The van der Waals surface area contributed by atoms with Gasteiger partial charge in [0.25, 0.3) is 5.91 Å². The van der Waals surface area contributed by atoms with Gasteiger partial charge in [0, 0.05) is 55.9 Å². The van der Waals surface area contributed by atoms with Crippen LogP contribution in [0.5, 0.6) is 5.75 Å². The minimum absolute atomic E-state index is 0. The van der Waals surface area contributed by atoms with Crippen molar-refractivity contribution in [3.05, 3.63) is 78.0 Å². The van der Waals surface area contributed by atoms with Crippen LogP contribution in [0.25, 0.3) is 22.2 Å². The van der Waals surface area contributed by atoms with E-state index >= 15 is 0 Å². The van der Waals surface area contributed by atoms with Crippen molar-refractivity contribution in [1.82, 2.24) is 14.5 Å². The Bertz CT molecular complexity index is 1440. The molecule has 3 heterocycles. The number of amides is 1. The van der Waals surface area contributed by atoms with E-state index in [-0.39, 0.29) is 24.1 Å². The molecule has 0 N–H and O–H groups in total. The van der Waals surface area contributed by atoms with Crippen LogP contribution in [-0.4, -0.2) is 52.9 Å². The highest BCUT2D eigenvalue weighted by atomic mass is 35.5. The predicted molar refractivity (Wildman–Crippen MR) is 144 cm³/mol. The number of pyridine rings is 1. The minimum atomic E-state index is -4.81. The van der Waals surface area contributed by atoms with Gasteiger partial charge in [0.1, 0.15) is 11.6 Å². The molecule has 0 atom stereocenters. The predicted octanol–water partition coefficient (Wildman–Crippen LogP) is 6.22. The van der Waals surface area contributed by atoms with Crippen LogP contribution in [0.1, 0.15) is 22.3 Å². The van der Waals surface area contributed by atoms with Gasteiger partial charge in [-0.2, -0.15) is 0 Å². The molecule has 1 amide bonds. The van der Waals surface area contributed by atoms with Crippen LogP contribution in [0.3, 0.4) is 0 Å². The van der Waals surface area contributed by atoms with E-state index in [0.29, 0.717) is 36.5 Å². The molecule has 200 valence electrons. The lowest BCUT2D eigenvalue weighted by Gasteiger charge is -2.23. The minimum Gasteiger partial charge on any atom is -0.406 e. The monoisotopic (exact) mass is 544 g/mol. The second kappa shape index (κ2) is 10.9. The third-order valence-electron chi connectivity index (χ3n) is 6.67. The van der Waals surface area contributed by atoms with Crippen LogP contribution < -0.4 is 9.64 Å². The number of aromatic nitrogens is 2. The quantitative estimate of drug-likeness (QED) is 0.306. The summed E-state index contributed by atoms with van der Waals surface area (Å²) in [6.07, 6.45) is -2.28. The van der Waals surface area contributed by atoms with Crippen LogP contribution in [-0.2, 0) is 7.05 Å². The molecule has 0 spiro atoms. The first kappa shape index (κ1) is 27.3. The van der Waals surface area contributed by atoms with E-state index in [9.17, 15) is 18.0 Å². The molecule has 5 rings (SSSR count). The number of halogens is 4. The van der Waals surface area contributed by atoms with E-state index < -0.39 is 6.36 Å². The summed E-state index contributed by atoms with van der Waals surface area (Å²) >= 11 is 0. The zero-order valence-corrected chi connectivity index (χ0v) is 21.9. The van der Waals surface area contributed by atoms with Gasteiger partial charge in [0.2, 0.25) is 0 Å². The normalized spacial score (nSPS) is 14.2. The molecule has 6 nitrogen and oxygen atoms in total. The first-order chi connectivity index (χ1) is 17.7. The number of carbonyl (C=O) groups excluding carboxylic acids is 1. The molecular weight excluding hydrogens is 517 g/mol. The molecule has 38 heavy (non-hydrogen) atoms. The standard InChI is InChI=1S/C28H27F3N4O2.ClH/c1-19-10-11-23-22(17-19)25(26(33(23)2)20-7-5-8-21(18-20)37-28(29,30)31)27(36)35-14-6-13-34(15-16-35)24-9-3-4-12-32-24;/h3-5,7-12,17-18H,6,13-16H2,1-2H3;1H. The van der Waals surface area contributed by atoms with Crippen molar-refractivity contribution in [2.45, 2.75) is 19.7 Å². The number of hydrogen-bond acceptors (Lipinski definition) is 4. The summed E-state index contributed by atoms with van der Waals surface area (Å²) in [5.41, 5.74) is 3.34. The van der Waals surface area contributed by atoms with Crippen molar-refractivity contribution >= 4 is 35.0 Å². The third kappa shape index (κ3) is 5.57. The molecule has 0 saturated carbocycles. The molecule has 1 aliphatic rings. The van der Waals surface area contributed by atoms with Crippen LogP contribution in [0.15, 0.2) is 66.9 Å². The van der Waals surface area contributed by atoms with E-state index in [0.717, 1.165) is 35.2 Å². The number of anilines is 1. The number of nitrogens with zero attached hydrogens (tertiary/aromatic N) is 4. The van der Waals surface area contributed by atoms with Crippen molar-refractivity contribution in [2.24, 2.45) is 7.05 Å². The number of carbonyl (C=O) groups is 1. The molecular formula is C28H28ClF3N4O2. The van der Waals surface area contributed by atoms with E-state index in [4.69, 9.17) is 0 Å². The second-order valence-electron chi connectivity index (χ2n) is 9.20. The number of aryl methyl sites for hydroxylation is 2. The van der Waals surface area contributed by atoms with Crippen molar-refractivity contribution in [2.75, 3.05) is 31.1 Å². The van der Waals surface area contributed by atoms with E-state index in [1.807, 2.05) is 59.8 Å².